The molecule has 0 spiro atoms. The SMILES string of the molecule is Cc1ccc(C(=O)NCC(=O)N(C)CC(C)C)cc1C. The zero-order chi connectivity index (χ0) is 15.3. The molecular formula is C16H24N2O2. The molecule has 20 heavy (non-hydrogen) atoms. The quantitative estimate of drug-likeness (QED) is 0.896. The number of carbonyl (C=O) groups is 2. The summed E-state index contributed by atoms with van der Waals surface area (Å²) in [5, 5.41) is 2.67. The highest BCUT2D eigenvalue weighted by Crippen LogP contribution is 2.09. The Balaban J connectivity index is 2.54. The second kappa shape index (κ2) is 7.08. The fourth-order valence-corrected chi connectivity index (χ4v) is 1.93. The van der Waals surface area contributed by atoms with E-state index >= 15 is 0 Å². The molecule has 1 rings (SSSR count). The average Bonchev–Trinajstić information content (AvgIpc) is 2.37. The smallest absolute Gasteiger partial charge is 0.251 e. The van der Waals surface area contributed by atoms with Gasteiger partial charge in [-0.05, 0) is 43.0 Å². The van der Waals surface area contributed by atoms with Gasteiger partial charge in [-0.15, -0.1) is 0 Å². The van der Waals surface area contributed by atoms with Gasteiger partial charge in [0.2, 0.25) is 5.91 Å². The summed E-state index contributed by atoms with van der Waals surface area (Å²) in [4.78, 5) is 25.5. The van der Waals surface area contributed by atoms with Crippen molar-refractivity contribution in [2.24, 2.45) is 5.92 Å². The van der Waals surface area contributed by atoms with E-state index < -0.39 is 0 Å². The number of rotatable bonds is 5. The van der Waals surface area contributed by atoms with Crippen LogP contribution in [0.2, 0.25) is 0 Å². The largest absolute Gasteiger partial charge is 0.344 e. The van der Waals surface area contributed by atoms with Crippen LogP contribution in [0, 0.1) is 19.8 Å². The molecule has 1 N–H and O–H groups in total. The lowest BCUT2D eigenvalue weighted by atomic mass is 10.1. The fraction of sp³-hybridized carbons (Fsp3) is 0.500. The summed E-state index contributed by atoms with van der Waals surface area (Å²) in [5.41, 5.74) is 2.81. The number of hydrogen-bond acceptors (Lipinski definition) is 2. The Morgan fingerprint density at radius 1 is 1.20 bits per heavy atom. The van der Waals surface area contributed by atoms with Gasteiger partial charge in [-0.1, -0.05) is 19.9 Å². The minimum Gasteiger partial charge on any atom is -0.344 e. The molecule has 0 aliphatic heterocycles. The molecule has 0 aliphatic carbocycles. The van der Waals surface area contributed by atoms with Crippen LogP contribution in [0.4, 0.5) is 0 Å². The number of amides is 2. The monoisotopic (exact) mass is 276 g/mol. The van der Waals surface area contributed by atoms with Gasteiger partial charge in [-0.3, -0.25) is 9.59 Å². The Labute approximate surface area is 121 Å². The van der Waals surface area contributed by atoms with Crippen LogP contribution in [0.3, 0.4) is 0 Å². The predicted molar refractivity (Wildman–Crippen MR) is 80.7 cm³/mol. The first-order chi connectivity index (χ1) is 9.31. The third-order valence-corrected chi connectivity index (χ3v) is 3.23. The van der Waals surface area contributed by atoms with Crippen LogP contribution in [-0.4, -0.2) is 36.9 Å². The van der Waals surface area contributed by atoms with E-state index in [-0.39, 0.29) is 18.4 Å². The second-order valence-electron chi connectivity index (χ2n) is 5.65. The number of nitrogens with one attached hydrogen (secondary N) is 1. The van der Waals surface area contributed by atoms with Crippen LogP contribution in [0.25, 0.3) is 0 Å². The van der Waals surface area contributed by atoms with Crippen molar-refractivity contribution in [3.8, 4) is 0 Å². The Morgan fingerprint density at radius 3 is 2.40 bits per heavy atom. The highest BCUT2D eigenvalue weighted by Gasteiger charge is 2.12. The molecule has 110 valence electrons. The molecule has 4 nitrogen and oxygen atoms in total. The van der Waals surface area contributed by atoms with Gasteiger partial charge in [-0.2, -0.15) is 0 Å². The highest BCUT2D eigenvalue weighted by atomic mass is 16.2. The third-order valence-electron chi connectivity index (χ3n) is 3.23. The van der Waals surface area contributed by atoms with Gasteiger partial charge in [0.25, 0.3) is 5.91 Å². The van der Waals surface area contributed by atoms with Gasteiger partial charge in [0.1, 0.15) is 0 Å². The maximum atomic E-state index is 12.0. The molecule has 0 aromatic heterocycles. The van der Waals surface area contributed by atoms with Gasteiger partial charge in [0.15, 0.2) is 0 Å². The molecule has 0 atom stereocenters. The van der Waals surface area contributed by atoms with Crippen LogP contribution in [0.1, 0.15) is 35.3 Å². The molecule has 0 saturated heterocycles. The zero-order valence-electron chi connectivity index (χ0n) is 13.0. The van der Waals surface area contributed by atoms with E-state index in [1.165, 1.54) is 0 Å². The first-order valence-corrected chi connectivity index (χ1v) is 6.90. The van der Waals surface area contributed by atoms with E-state index in [0.29, 0.717) is 18.0 Å². The second-order valence-corrected chi connectivity index (χ2v) is 5.65. The lowest BCUT2D eigenvalue weighted by molar-refractivity contribution is -0.129. The lowest BCUT2D eigenvalue weighted by Gasteiger charge is -2.19. The van der Waals surface area contributed by atoms with Crippen LogP contribution in [0.5, 0.6) is 0 Å². The van der Waals surface area contributed by atoms with E-state index in [1.54, 1.807) is 18.0 Å². The first-order valence-electron chi connectivity index (χ1n) is 6.90. The summed E-state index contributed by atoms with van der Waals surface area (Å²) in [5.74, 6) is 0.134. The van der Waals surface area contributed by atoms with Crippen LogP contribution < -0.4 is 5.32 Å². The number of hydrogen-bond donors (Lipinski definition) is 1. The molecule has 0 bridgehead atoms. The molecular weight excluding hydrogens is 252 g/mol. The topological polar surface area (TPSA) is 49.4 Å². The van der Waals surface area contributed by atoms with Gasteiger partial charge >= 0.3 is 0 Å². The minimum absolute atomic E-state index is 0.0367. The number of benzene rings is 1. The number of aryl methyl sites for hydroxylation is 2. The van der Waals surface area contributed by atoms with Crippen molar-refractivity contribution in [2.75, 3.05) is 20.1 Å². The average molecular weight is 276 g/mol. The van der Waals surface area contributed by atoms with Gasteiger partial charge in [-0.25, -0.2) is 0 Å². The molecule has 0 unspecified atom stereocenters. The molecule has 1 aromatic rings. The van der Waals surface area contributed by atoms with E-state index in [9.17, 15) is 9.59 Å². The van der Waals surface area contributed by atoms with Crippen LogP contribution in [0.15, 0.2) is 18.2 Å². The predicted octanol–water partition coefficient (Wildman–Crippen LogP) is 2.15. The summed E-state index contributed by atoms with van der Waals surface area (Å²) >= 11 is 0. The Morgan fingerprint density at radius 2 is 1.85 bits per heavy atom. The van der Waals surface area contributed by atoms with Crippen LogP contribution in [-0.2, 0) is 4.79 Å². The third kappa shape index (κ3) is 4.68. The van der Waals surface area contributed by atoms with Crippen molar-refractivity contribution >= 4 is 11.8 Å². The molecule has 0 fully saturated rings. The normalized spacial score (nSPS) is 10.5. The summed E-state index contributed by atoms with van der Waals surface area (Å²) in [6.07, 6.45) is 0. The van der Waals surface area contributed by atoms with E-state index in [4.69, 9.17) is 0 Å². The van der Waals surface area contributed by atoms with Gasteiger partial charge in [0.05, 0.1) is 6.54 Å². The number of carbonyl (C=O) groups excluding carboxylic acids is 2. The van der Waals surface area contributed by atoms with E-state index in [1.807, 2.05) is 26.0 Å². The summed E-state index contributed by atoms with van der Waals surface area (Å²) in [7, 11) is 1.75. The van der Waals surface area contributed by atoms with Gasteiger partial charge < -0.3 is 10.2 Å². The maximum Gasteiger partial charge on any atom is 0.251 e. The molecule has 4 heteroatoms. The van der Waals surface area contributed by atoms with Crippen molar-refractivity contribution in [2.45, 2.75) is 27.7 Å². The van der Waals surface area contributed by atoms with Crippen molar-refractivity contribution < 1.29 is 9.59 Å². The van der Waals surface area contributed by atoms with Crippen molar-refractivity contribution in [3.05, 3.63) is 34.9 Å². The molecule has 2 amide bonds. The molecule has 0 radical (unpaired) electrons. The number of likely N-dealkylation sites (N-methyl/N-ethyl adjacent to an activating group) is 1. The Kier molecular flexibility index (Phi) is 5.74. The van der Waals surface area contributed by atoms with E-state index in [2.05, 4.69) is 19.2 Å². The van der Waals surface area contributed by atoms with E-state index in [0.717, 1.165) is 11.1 Å². The Hall–Kier alpha value is -1.84. The fourth-order valence-electron chi connectivity index (χ4n) is 1.93. The van der Waals surface area contributed by atoms with Crippen molar-refractivity contribution in [3.63, 3.8) is 0 Å². The maximum absolute atomic E-state index is 12.0. The van der Waals surface area contributed by atoms with Gasteiger partial charge in [0, 0.05) is 19.2 Å². The zero-order valence-corrected chi connectivity index (χ0v) is 13.0. The molecule has 0 aliphatic rings. The van der Waals surface area contributed by atoms with Crippen molar-refractivity contribution in [1.29, 1.82) is 0 Å². The standard InChI is InChI=1S/C16H24N2O2/c1-11(2)10-18(5)15(19)9-17-16(20)14-7-6-12(3)13(4)8-14/h6-8,11H,9-10H2,1-5H3,(H,17,20). The lowest BCUT2D eigenvalue weighted by Crippen LogP contribution is -2.39. The first kappa shape index (κ1) is 16.2. The summed E-state index contributed by atoms with van der Waals surface area (Å²) in [6.45, 7) is 8.80. The minimum atomic E-state index is -0.209. The molecule has 0 heterocycles. The van der Waals surface area contributed by atoms with Crippen LogP contribution >= 0.6 is 0 Å². The summed E-state index contributed by atoms with van der Waals surface area (Å²) < 4.78 is 0. The van der Waals surface area contributed by atoms with Crippen molar-refractivity contribution in [1.82, 2.24) is 10.2 Å². The Bertz CT molecular complexity index is 495. The highest BCUT2D eigenvalue weighted by molar-refractivity contribution is 5.96. The summed E-state index contributed by atoms with van der Waals surface area (Å²) in [6, 6.07) is 5.53. The molecule has 0 saturated carbocycles. The number of nitrogens with zero attached hydrogens (tertiary/aromatic N) is 1. The molecule has 1 aromatic carbocycles.